The molecule has 0 spiro atoms. The van der Waals surface area contributed by atoms with Gasteiger partial charge in [0.25, 0.3) is 0 Å². The van der Waals surface area contributed by atoms with Gasteiger partial charge in [0.2, 0.25) is 0 Å². The average Bonchev–Trinajstić information content (AvgIpc) is 2.92. The van der Waals surface area contributed by atoms with E-state index in [1.165, 1.54) is 44.5 Å². The summed E-state index contributed by atoms with van der Waals surface area (Å²) in [4.78, 5) is 5.20. The van der Waals surface area contributed by atoms with Gasteiger partial charge >= 0.3 is 0 Å². The van der Waals surface area contributed by atoms with Gasteiger partial charge in [-0.05, 0) is 90.8 Å². The second-order valence-corrected chi connectivity index (χ2v) is 10.2. The lowest BCUT2D eigenvalue weighted by Gasteiger charge is -2.16. The van der Waals surface area contributed by atoms with Crippen LogP contribution < -0.4 is 5.73 Å². The highest BCUT2D eigenvalue weighted by Crippen LogP contribution is 2.38. The maximum atomic E-state index is 6.79. The maximum Gasteiger partial charge on any atom is 0.0718 e. The van der Waals surface area contributed by atoms with Gasteiger partial charge in [-0.15, -0.1) is 0 Å². The highest BCUT2D eigenvalue weighted by Gasteiger charge is 2.15. The Labute approximate surface area is 227 Å². The maximum absolute atomic E-state index is 6.79. The minimum atomic E-state index is 0.775. The molecular formula is C36H36N2. The number of rotatable bonds is 6. The molecule has 0 atom stereocenters. The number of pyridine rings is 1. The summed E-state index contributed by atoms with van der Waals surface area (Å²) in [7, 11) is 0. The van der Waals surface area contributed by atoms with Crippen LogP contribution in [-0.4, -0.2) is 4.98 Å². The number of aryl methyl sites for hydroxylation is 5. The average molecular weight is 497 g/mol. The summed E-state index contributed by atoms with van der Waals surface area (Å²) in [6, 6.07) is 32.5. The molecule has 2 heteroatoms. The summed E-state index contributed by atoms with van der Waals surface area (Å²) < 4.78 is 0. The van der Waals surface area contributed by atoms with Crippen LogP contribution in [0.15, 0.2) is 91.0 Å². The quantitative estimate of drug-likeness (QED) is 0.238. The van der Waals surface area contributed by atoms with Crippen LogP contribution in [0.25, 0.3) is 44.8 Å². The fourth-order valence-corrected chi connectivity index (χ4v) is 5.74. The zero-order chi connectivity index (χ0) is 26.8. The van der Waals surface area contributed by atoms with Crippen molar-refractivity contribution in [3.63, 3.8) is 0 Å². The van der Waals surface area contributed by atoms with Crippen molar-refractivity contribution in [2.75, 3.05) is 5.73 Å². The fraction of sp³-hybridized carbons (Fsp3) is 0.194. The molecule has 0 aliphatic rings. The molecule has 0 radical (unpaired) electrons. The zero-order valence-electron chi connectivity index (χ0n) is 23.1. The van der Waals surface area contributed by atoms with Crippen LogP contribution in [0.1, 0.15) is 41.7 Å². The molecule has 0 bridgehead atoms. The molecule has 0 aliphatic heterocycles. The van der Waals surface area contributed by atoms with Gasteiger partial charge in [0, 0.05) is 22.4 Å². The Morgan fingerprint density at radius 2 is 1.11 bits per heavy atom. The molecule has 5 aromatic rings. The molecule has 0 saturated carbocycles. The van der Waals surface area contributed by atoms with Crippen LogP contribution in [-0.2, 0) is 12.8 Å². The topological polar surface area (TPSA) is 38.9 Å². The molecule has 4 aromatic carbocycles. The summed E-state index contributed by atoms with van der Waals surface area (Å²) in [5, 5.41) is 0. The van der Waals surface area contributed by atoms with E-state index in [2.05, 4.69) is 126 Å². The molecular weight excluding hydrogens is 460 g/mol. The first-order chi connectivity index (χ1) is 18.4. The van der Waals surface area contributed by atoms with E-state index < -0.39 is 0 Å². The van der Waals surface area contributed by atoms with Gasteiger partial charge in [0.15, 0.2) is 0 Å². The fourth-order valence-electron chi connectivity index (χ4n) is 5.74. The summed E-state index contributed by atoms with van der Waals surface area (Å²) in [5.74, 6) is 0. The zero-order valence-corrected chi connectivity index (χ0v) is 23.1. The highest BCUT2D eigenvalue weighted by molar-refractivity contribution is 5.86. The van der Waals surface area contributed by atoms with Crippen molar-refractivity contribution in [2.45, 2.75) is 47.5 Å². The predicted octanol–water partition coefficient (Wildman–Crippen LogP) is 9.38. The van der Waals surface area contributed by atoms with Crippen molar-refractivity contribution >= 4 is 5.69 Å². The van der Waals surface area contributed by atoms with Crippen molar-refractivity contribution in [1.82, 2.24) is 4.98 Å². The van der Waals surface area contributed by atoms with Crippen molar-refractivity contribution in [3.05, 3.63) is 119 Å². The first-order valence-electron chi connectivity index (χ1n) is 13.6. The largest absolute Gasteiger partial charge is 0.398 e. The van der Waals surface area contributed by atoms with Crippen molar-refractivity contribution in [1.29, 1.82) is 0 Å². The van der Waals surface area contributed by atoms with E-state index in [1.54, 1.807) is 0 Å². The summed E-state index contributed by atoms with van der Waals surface area (Å²) >= 11 is 0. The standard InChI is InChI=1S/C36H36N2/c1-6-26-12-8-10-14-31(26)34-21-29(22-35(38-34)32-15-11-9-13-27(32)7-2)30-17-16-28(20-33(30)37)36-24(4)18-23(3)19-25(36)5/h8-22H,6-7,37H2,1-5H3. The normalized spacial score (nSPS) is 11.1. The molecule has 190 valence electrons. The monoisotopic (exact) mass is 496 g/mol. The Balaban J connectivity index is 1.70. The van der Waals surface area contributed by atoms with Gasteiger partial charge in [0.1, 0.15) is 0 Å². The highest BCUT2D eigenvalue weighted by atomic mass is 14.7. The molecule has 1 aromatic heterocycles. The summed E-state index contributed by atoms with van der Waals surface area (Å²) in [6.45, 7) is 10.9. The third kappa shape index (κ3) is 4.87. The third-order valence-electron chi connectivity index (χ3n) is 7.50. The second-order valence-electron chi connectivity index (χ2n) is 10.2. The number of hydrogen-bond acceptors (Lipinski definition) is 2. The molecule has 0 aliphatic carbocycles. The molecule has 0 saturated heterocycles. The van der Waals surface area contributed by atoms with E-state index in [0.29, 0.717) is 0 Å². The number of nitrogens with zero attached hydrogens (tertiary/aromatic N) is 1. The number of aromatic nitrogens is 1. The summed E-state index contributed by atoms with van der Waals surface area (Å²) in [6.07, 6.45) is 1.91. The first-order valence-corrected chi connectivity index (χ1v) is 13.6. The van der Waals surface area contributed by atoms with Gasteiger partial charge in [-0.3, -0.25) is 0 Å². The van der Waals surface area contributed by atoms with Gasteiger partial charge in [-0.2, -0.15) is 0 Å². The number of benzene rings is 4. The van der Waals surface area contributed by atoms with Gasteiger partial charge in [-0.25, -0.2) is 4.98 Å². The predicted molar refractivity (Wildman–Crippen MR) is 163 cm³/mol. The minimum Gasteiger partial charge on any atom is -0.398 e. The van der Waals surface area contributed by atoms with Crippen molar-refractivity contribution in [2.24, 2.45) is 0 Å². The second kappa shape index (κ2) is 10.7. The first kappa shape index (κ1) is 25.5. The van der Waals surface area contributed by atoms with E-state index in [9.17, 15) is 0 Å². The van der Waals surface area contributed by atoms with Crippen LogP contribution in [0.4, 0.5) is 5.69 Å². The van der Waals surface area contributed by atoms with Crippen molar-refractivity contribution in [3.8, 4) is 44.8 Å². The lowest BCUT2D eigenvalue weighted by atomic mass is 9.91. The molecule has 0 unspecified atom stereocenters. The molecule has 2 N–H and O–H groups in total. The summed E-state index contributed by atoms with van der Waals surface area (Å²) in [5.41, 5.74) is 22.8. The number of anilines is 1. The molecule has 38 heavy (non-hydrogen) atoms. The van der Waals surface area contributed by atoms with Crippen LogP contribution in [0.5, 0.6) is 0 Å². The van der Waals surface area contributed by atoms with E-state index in [1.807, 2.05) is 0 Å². The molecule has 1 heterocycles. The van der Waals surface area contributed by atoms with Crippen LogP contribution in [0, 0.1) is 20.8 Å². The van der Waals surface area contributed by atoms with Crippen LogP contribution in [0.2, 0.25) is 0 Å². The smallest absolute Gasteiger partial charge is 0.0718 e. The SMILES string of the molecule is CCc1ccccc1-c1cc(-c2ccc(-c3c(C)cc(C)cc3C)cc2N)cc(-c2ccccc2CC)n1. The number of nitrogen functional groups attached to an aromatic ring is 1. The van der Waals surface area contributed by atoms with Crippen LogP contribution >= 0.6 is 0 Å². The van der Waals surface area contributed by atoms with Gasteiger partial charge < -0.3 is 5.73 Å². The van der Waals surface area contributed by atoms with Gasteiger partial charge in [0.05, 0.1) is 11.4 Å². The Morgan fingerprint density at radius 1 is 0.579 bits per heavy atom. The van der Waals surface area contributed by atoms with E-state index in [-0.39, 0.29) is 0 Å². The molecule has 0 amide bonds. The Hall–Kier alpha value is -4.17. The number of hydrogen-bond donors (Lipinski definition) is 1. The lowest BCUT2D eigenvalue weighted by molar-refractivity contribution is 1.13. The molecule has 2 nitrogen and oxygen atoms in total. The number of nitrogens with two attached hydrogens (primary N) is 1. The Bertz CT molecular complexity index is 1540. The Morgan fingerprint density at radius 3 is 1.61 bits per heavy atom. The third-order valence-corrected chi connectivity index (χ3v) is 7.50. The lowest BCUT2D eigenvalue weighted by Crippen LogP contribution is -1.98. The molecule has 0 fully saturated rings. The Kier molecular flexibility index (Phi) is 7.15. The van der Waals surface area contributed by atoms with E-state index in [4.69, 9.17) is 10.7 Å². The van der Waals surface area contributed by atoms with Gasteiger partial charge in [-0.1, -0.05) is 92.2 Å². The minimum absolute atomic E-state index is 0.775. The van der Waals surface area contributed by atoms with Crippen molar-refractivity contribution < 1.29 is 0 Å². The van der Waals surface area contributed by atoms with E-state index in [0.717, 1.165) is 46.6 Å². The molecule has 5 rings (SSSR count). The van der Waals surface area contributed by atoms with Crippen LogP contribution in [0.3, 0.4) is 0 Å². The van der Waals surface area contributed by atoms with E-state index >= 15 is 0 Å².